The van der Waals surface area contributed by atoms with E-state index in [0.717, 1.165) is 31.0 Å². The first-order valence-corrected chi connectivity index (χ1v) is 13.5. The minimum absolute atomic E-state index is 0.0376. The molecule has 0 bridgehead atoms. The molecule has 0 spiro atoms. The Bertz CT molecular complexity index is 1090. The summed E-state index contributed by atoms with van der Waals surface area (Å²) in [6.45, 7) is 6.17. The van der Waals surface area contributed by atoms with E-state index in [9.17, 15) is 19.6 Å². The molecule has 194 valence electrons. The fourth-order valence-corrected chi connectivity index (χ4v) is 6.37. The van der Waals surface area contributed by atoms with Gasteiger partial charge in [0, 0.05) is 18.0 Å². The summed E-state index contributed by atoms with van der Waals surface area (Å²) in [6, 6.07) is 5.42. The molecule has 2 heterocycles. The van der Waals surface area contributed by atoms with Crippen LogP contribution in [-0.2, 0) is 19.1 Å². The van der Waals surface area contributed by atoms with Gasteiger partial charge >= 0.3 is 5.97 Å². The van der Waals surface area contributed by atoms with Crippen molar-refractivity contribution in [2.24, 2.45) is 5.92 Å². The third-order valence-corrected chi connectivity index (χ3v) is 8.04. The summed E-state index contributed by atoms with van der Waals surface area (Å²) in [7, 11) is 1.17. The second kappa shape index (κ2) is 12.2. The average Bonchev–Trinajstić information content (AvgIpc) is 2.83. The molecule has 0 aliphatic carbocycles. The van der Waals surface area contributed by atoms with E-state index in [0.29, 0.717) is 12.2 Å². The first kappa shape index (κ1) is 28.2. The Hall–Kier alpha value is -2.41. The maximum Gasteiger partial charge on any atom is 0.319 e. The molecular weight excluding hydrogens is 525 g/mol. The van der Waals surface area contributed by atoms with Crippen molar-refractivity contribution < 1.29 is 23.9 Å². The molecule has 1 aromatic carbocycles. The first-order chi connectivity index (χ1) is 17.1. The third kappa shape index (κ3) is 5.77. The molecule has 1 N–H and O–H groups in total. The van der Waals surface area contributed by atoms with Crippen LogP contribution in [0.1, 0.15) is 51.5 Å². The lowest BCUT2D eigenvalue weighted by Gasteiger charge is -2.39. The first-order valence-electron chi connectivity index (χ1n) is 11.7. The molecule has 2 aliphatic rings. The van der Waals surface area contributed by atoms with Gasteiger partial charge in [-0.25, -0.2) is 0 Å². The van der Waals surface area contributed by atoms with Crippen molar-refractivity contribution >= 4 is 52.7 Å². The summed E-state index contributed by atoms with van der Waals surface area (Å²) in [6.07, 6.45) is 2.94. The monoisotopic (exact) mass is 553 g/mol. The van der Waals surface area contributed by atoms with Crippen LogP contribution in [0.4, 0.5) is 0 Å². The zero-order valence-electron chi connectivity index (χ0n) is 20.6. The number of methoxy groups -OCH3 is 1. The van der Waals surface area contributed by atoms with Gasteiger partial charge in [-0.3, -0.25) is 14.4 Å². The Balaban J connectivity index is 2.00. The number of hydrogen-bond donors (Lipinski definition) is 1. The van der Waals surface area contributed by atoms with Gasteiger partial charge in [-0.15, -0.1) is 0 Å². The highest BCUT2D eigenvalue weighted by Crippen LogP contribution is 2.44. The molecule has 4 atom stereocenters. The largest absolute Gasteiger partial charge is 0.491 e. The van der Waals surface area contributed by atoms with Crippen LogP contribution in [0.2, 0.25) is 10.0 Å². The smallest absolute Gasteiger partial charge is 0.319 e. The molecule has 3 rings (SSSR count). The molecule has 8 nitrogen and oxygen atoms in total. The number of rotatable bonds is 7. The van der Waals surface area contributed by atoms with Gasteiger partial charge in [0.25, 0.3) is 0 Å². The van der Waals surface area contributed by atoms with Gasteiger partial charge in [0.1, 0.15) is 5.92 Å². The third-order valence-electron chi connectivity index (χ3n) is 6.47. The molecule has 36 heavy (non-hydrogen) atoms. The molecule has 0 aromatic heterocycles. The molecule has 1 aromatic rings. The zero-order chi connectivity index (χ0) is 26.6. The Morgan fingerprint density at radius 1 is 1.22 bits per heavy atom. The minimum atomic E-state index is -1.34. The normalized spacial score (nSPS) is 24.1. The van der Waals surface area contributed by atoms with Crippen LogP contribution in [0.3, 0.4) is 0 Å². The van der Waals surface area contributed by atoms with Crippen molar-refractivity contribution in [3.63, 3.8) is 0 Å². The van der Waals surface area contributed by atoms with Gasteiger partial charge in [0.2, 0.25) is 11.8 Å². The van der Waals surface area contributed by atoms with Crippen molar-refractivity contribution in [2.45, 2.75) is 58.0 Å². The van der Waals surface area contributed by atoms with E-state index in [1.807, 2.05) is 18.7 Å². The maximum absolute atomic E-state index is 13.1. The number of benzene rings is 1. The summed E-state index contributed by atoms with van der Waals surface area (Å²) in [5, 5.41) is 13.3. The maximum atomic E-state index is 13.1. The second-order valence-corrected chi connectivity index (χ2v) is 10.6. The number of amides is 2. The number of nitrogens with one attached hydrogen (secondary N) is 1. The quantitative estimate of drug-likeness (QED) is 0.386. The van der Waals surface area contributed by atoms with E-state index in [4.69, 9.17) is 32.7 Å². The minimum Gasteiger partial charge on any atom is -0.491 e. The van der Waals surface area contributed by atoms with E-state index in [1.165, 1.54) is 19.2 Å². The lowest BCUT2D eigenvalue weighted by molar-refractivity contribution is -0.150. The number of likely N-dealkylation sites (tertiary alicyclic amines) is 1. The number of nitriles is 1. The van der Waals surface area contributed by atoms with Crippen LogP contribution in [0, 0.1) is 17.2 Å². The molecule has 1 saturated heterocycles. The predicted molar refractivity (Wildman–Crippen MR) is 139 cm³/mol. The average molecular weight is 554 g/mol. The van der Waals surface area contributed by atoms with Crippen molar-refractivity contribution in [2.75, 3.05) is 19.5 Å². The van der Waals surface area contributed by atoms with E-state index in [-0.39, 0.29) is 50.1 Å². The molecular formula is C25H29Cl2N3O5S. The summed E-state index contributed by atoms with van der Waals surface area (Å²) < 4.78 is 10.4. The van der Waals surface area contributed by atoms with Gasteiger partial charge in [0.15, 0.2) is 5.75 Å². The van der Waals surface area contributed by atoms with Gasteiger partial charge in [-0.1, -0.05) is 35.0 Å². The Morgan fingerprint density at radius 3 is 2.36 bits per heavy atom. The number of ether oxygens (including phenoxy) is 2. The van der Waals surface area contributed by atoms with Crippen LogP contribution in [-0.4, -0.2) is 54.2 Å². The highest BCUT2D eigenvalue weighted by molar-refractivity contribution is 8.03. The van der Waals surface area contributed by atoms with Gasteiger partial charge in [0.05, 0.1) is 46.2 Å². The van der Waals surface area contributed by atoms with Crippen LogP contribution in [0.15, 0.2) is 22.7 Å². The van der Waals surface area contributed by atoms with Crippen molar-refractivity contribution in [3.05, 3.63) is 38.3 Å². The number of halogens is 2. The second-order valence-electron chi connectivity index (χ2n) is 8.79. The standard InChI is InChI=1S/C25H29Cl2N3O5S/c1-5-35-22-17(26)9-15(10-18(22)27)20-16(11-28)24(29-23(32)21(20)25(33)34-4)36-12-19(31)30-13(2)7-6-8-14(30)3/h9-10,13-14,20-21H,5-8,12H2,1-4H3,(H,29,32)/t13-,14-,20-,21-/m1/s1. The van der Waals surface area contributed by atoms with E-state index in [1.54, 1.807) is 6.92 Å². The number of piperidine rings is 1. The Morgan fingerprint density at radius 2 is 1.83 bits per heavy atom. The lowest BCUT2D eigenvalue weighted by atomic mass is 9.78. The molecule has 0 saturated carbocycles. The van der Waals surface area contributed by atoms with Crippen LogP contribution < -0.4 is 10.1 Å². The predicted octanol–water partition coefficient (Wildman–Crippen LogP) is 4.65. The van der Waals surface area contributed by atoms with Crippen molar-refractivity contribution in [1.82, 2.24) is 10.2 Å². The van der Waals surface area contributed by atoms with Gasteiger partial charge < -0.3 is 19.7 Å². The van der Waals surface area contributed by atoms with E-state index < -0.39 is 23.7 Å². The fraction of sp³-hybridized carbons (Fsp3) is 0.520. The summed E-state index contributed by atoms with van der Waals surface area (Å²) >= 11 is 13.9. The van der Waals surface area contributed by atoms with Crippen LogP contribution in [0.5, 0.6) is 5.75 Å². The highest BCUT2D eigenvalue weighted by atomic mass is 35.5. The van der Waals surface area contributed by atoms with Gasteiger partial charge in [-0.05, 0) is 57.7 Å². The molecule has 1 fully saturated rings. The number of allylic oxidation sites excluding steroid dienone is 1. The number of esters is 1. The van der Waals surface area contributed by atoms with Crippen LogP contribution >= 0.6 is 35.0 Å². The van der Waals surface area contributed by atoms with Crippen molar-refractivity contribution in [3.8, 4) is 11.8 Å². The molecule has 2 amide bonds. The fourth-order valence-electron chi connectivity index (χ4n) is 4.84. The molecule has 0 radical (unpaired) electrons. The topological polar surface area (TPSA) is 109 Å². The summed E-state index contributed by atoms with van der Waals surface area (Å²) in [5.41, 5.74) is 0.511. The number of carbonyl (C=O) groups excluding carboxylic acids is 3. The van der Waals surface area contributed by atoms with Gasteiger partial charge in [-0.2, -0.15) is 5.26 Å². The molecule has 11 heteroatoms. The lowest BCUT2D eigenvalue weighted by Crippen LogP contribution is -2.48. The summed E-state index contributed by atoms with van der Waals surface area (Å²) in [5.74, 6) is -3.55. The van der Waals surface area contributed by atoms with Crippen molar-refractivity contribution in [1.29, 1.82) is 5.26 Å². The van der Waals surface area contributed by atoms with E-state index >= 15 is 0 Å². The Labute approximate surface area is 225 Å². The summed E-state index contributed by atoms with van der Waals surface area (Å²) in [4.78, 5) is 40.7. The van der Waals surface area contributed by atoms with Crippen LogP contribution in [0.25, 0.3) is 0 Å². The van der Waals surface area contributed by atoms with E-state index in [2.05, 4.69) is 11.4 Å². The number of hydrogen-bond acceptors (Lipinski definition) is 7. The highest BCUT2D eigenvalue weighted by Gasteiger charge is 2.45. The SMILES string of the molecule is CCOc1c(Cl)cc([C@@H]2C(C#N)=C(SCC(=O)N3[C@H](C)CCC[C@H]3C)NC(=O)[C@@H]2C(=O)OC)cc1Cl. The number of nitrogens with zero attached hydrogens (tertiary/aromatic N) is 2. The zero-order valence-corrected chi connectivity index (χ0v) is 22.9. The Kier molecular flexibility index (Phi) is 9.56. The molecule has 0 unspecified atom stereocenters. The molecule has 2 aliphatic heterocycles. The number of carbonyl (C=O) groups is 3. The number of thioether (sulfide) groups is 1.